The molecular weight excluding hydrogens is 402 g/mol. The van der Waals surface area contributed by atoms with Crippen molar-refractivity contribution in [3.63, 3.8) is 0 Å². The number of amides is 1. The molecule has 2 rings (SSSR count). The zero-order valence-electron chi connectivity index (χ0n) is 16.1. The Kier molecular flexibility index (Phi) is 9.24. The molecule has 0 saturated heterocycles. The second-order valence-corrected chi connectivity index (χ2v) is 7.67. The highest BCUT2D eigenvalue weighted by Gasteiger charge is 2.15. The second kappa shape index (κ2) is 10.9. The van der Waals surface area contributed by atoms with Gasteiger partial charge < -0.3 is 15.4 Å². The van der Waals surface area contributed by atoms with Gasteiger partial charge in [-0.3, -0.25) is 9.52 Å². The highest BCUT2D eigenvalue weighted by atomic mass is 35.5. The Bertz CT molecular complexity index is 856. The molecule has 0 fully saturated rings. The Morgan fingerprint density at radius 1 is 1.07 bits per heavy atom. The summed E-state index contributed by atoms with van der Waals surface area (Å²) >= 11 is 0. The minimum absolute atomic E-state index is 0. The first-order valence-corrected chi connectivity index (χ1v) is 10.1. The van der Waals surface area contributed by atoms with Gasteiger partial charge in [0, 0.05) is 23.8 Å². The summed E-state index contributed by atoms with van der Waals surface area (Å²) in [6.45, 7) is 4.85. The van der Waals surface area contributed by atoms with Gasteiger partial charge in [0.1, 0.15) is 5.75 Å². The number of halogens is 1. The predicted octanol–water partition coefficient (Wildman–Crippen LogP) is 2.65. The van der Waals surface area contributed by atoms with Crippen molar-refractivity contribution in [1.29, 1.82) is 0 Å². The average molecular weight is 428 g/mol. The maximum absolute atomic E-state index is 12.5. The molecule has 1 amide bonds. The molecule has 0 aliphatic heterocycles. The summed E-state index contributed by atoms with van der Waals surface area (Å²) < 4.78 is 32.8. The number of rotatable bonds is 9. The number of anilines is 1. The van der Waals surface area contributed by atoms with Crippen molar-refractivity contribution >= 4 is 34.0 Å². The summed E-state index contributed by atoms with van der Waals surface area (Å²) in [5, 5.41) is 5.81. The van der Waals surface area contributed by atoms with Crippen molar-refractivity contribution in [3.05, 3.63) is 54.1 Å². The van der Waals surface area contributed by atoms with Gasteiger partial charge in [-0.25, -0.2) is 8.42 Å². The number of hydrogen-bond acceptors (Lipinski definition) is 5. The molecule has 0 radical (unpaired) electrons. The first-order valence-electron chi connectivity index (χ1n) is 8.67. The maximum Gasteiger partial charge on any atom is 0.261 e. The van der Waals surface area contributed by atoms with Gasteiger partial charge in [-0.2, -0.15) is 0 Å². The topological polar surface area (TPSA) is 96.5 Å². The van der Waals surface area contributed by atoms with Gasteiger partial charge >= 0.3 is 0 Å². The highest BCUT2D eigenvalue weighted by Crippen LogP contribution is 2.20. The van der Waals surface area contributed by atoms with Crippen molar-refractivity contribution in [1.82, 2.24) is 10.6 Å². The van der Waals surface area contributed by atoms with Gasteiger partial charge in [0.25, 0.3) is 15.9 Å². The van der Waals surface area contributed by atoms with Crippen LogP contribution in [0.5, 0.6) is 5.75 Å². The Balaban J connectivity index is 0.00000392. The van der Waals surface area contributed by atoms with Crippen molar-refractivity contribution in [3.8, 4) is 5.75 Å². The van der Waals surface area contributed by atoms with E-state index < -0.39 is 10.0 Å². The van der Waals surface area contributed by atoms with Gasteiger partial charge in [-0.1, -0.05) is 0 Å². The molecule has 0 saturated carbocycles. The Labute approximate surface area is 172 Å². The van der Waals surface area contributed by atoms with Crippen LogP contribution >= 0.6 is 12.4 Å². The summed E-state index contributed by atoms with van der Waals surface area (Å²) in [4.78, 5) is 12.2. The van der Waals surface area contributed by atoms with Crippen LogP contribution in [-0.2, 0) is 10.0 Å². The zero-order chi connectivity index (χ0) is 19.9. The van der Waals surface area contributed by atoms with E-state index in [2.05, 4.69) is 15.4 Å². The molecule has 0 aromatic heterocycles. The molecule has 0 aliphatic rings. The van der Waals surface area contributed by atoms with Crippen LogP contribution in [0.15, 0.2) is 53.4 Å². The number of ether oxygens (including phenoxy) is 1. The number of sulfonamides is 1. The Morgan fingerprint density at radius 3 is 2.21 bits per heavy atom. The lowest BCUT2D eigenvalue weighted by atomic mass is 10.2. The molecule has 3 N–H and O–H groups in total. The van der Waals surface area contributed by atoms with Crippen LogP contribution in [0.25, 0.3) is 0 Å². The van der Waals surface area contributed by atoms with E-state index in [4.69, 9.17) is 4.74 Å². The lowest BCUT2D eigenvalue weighted by Crippen LogP contribution is -2.37. The Morgan fingerprint density at radius 2 is 1.68 bits per heavy atom. The highest BCUT2D eigenvalue weighted by molar-refractivity contribution is 7.92. The number of likely N-dealkylation sites (N-methyl/N-ethyl adjacent to an activating group) is 1. The van der Waals surface area contributed by atoms with E-state index in [1.807, 2.05) is 20.9 Å². The first kappa shape index (κ1) is 23.7. The van der Waals surface area contributed by atoms with Crippen molar-refractivity contribution < 1.29 is 17.9 Å². The molecule has 28 heavy (non-hydrogen) atoms. The fourth-order valence-electron chi connectivity index (χ4n) is 2.24. The van der Waals surface area contributed by atoms with E-state index in [9.17, 15) is 13.2 Å². The molecule has 1 atom stereocenters. The van der Waals surface area contributed by atoms with Crippen LogP contribution < -0.4 is 20.1 Å². The van der Waals surface area contributed by atoms with Crippen molar-refractivity contribution in [2.75, 3.05) is 24.9 Å². The van der Waals surface area contributed by atoms with Gasteiger partial charge in [-0.05, 0) is 69.4 Å². The van der Waals surface area contributed by atoms with Crippen LogP contribution in [0, 0.1) is 0 Å². The summed E-state index contributed by atoms with van der Waals surface area (Å²) in [5.41, 5.74) is 0.833. The van der Waals surface area contributed by atoms with Crippen LogP contribution in [-0.4, -0.2) is 40.6 Å². The zero-order valence-corrected chi connectivity index (χ0v) is 17.7. The average Bonchev–Trinajstić information content (AvgIpc) is 2.67. The van der Waals surface area contributed by atoms with Gasteiger partial charge in [0.15, 0.2) is 0 Å². The Hall–Kier alpha value is -2.29. The molecule has 0 bridgehead atoms. The van der Waals surface area contributed by atoms with E-state index in [1.54, 1.807) is 24.3 Å². The van der Waals surface area contributed by atoms with E-state index in [-0.39, 0.29) is 29.3 Å². The summed E-state index contributed by atoms with van der Waals surface area (Å²) in [6, 6.07) is 12.6. The van der Waals surface area contributed by atoms with E-state index in [0.29, 0.717) is 30.2 Å². The second-order valence-electron chi connectivity index (χ2n) is 5.99. The van der Waals surface area contributed by atoms with E-state index >= 15 is 0 Å². The van der Waals surface area contributed by atoms with Crippen LogP contribution in [0.4, 0.5) is 5.69 Å². The number of benzene rings is 2. The predicted molar refractivity (Wildman–Crippen MR) is 113 cm³/mol. The molecule has 2 aromatic rings. The van der Waals surface area contributed by atoms with Crippen molar-refractivity contribution in [2.24, 2.45) is 0 Å². The lowest BCUT2D eigenvalue weighted by molar-refractivity contribution is 0.0950. The lowest BCUT2D eigenvalue weighted by Gasteiger charge is -2.12. The van der Waals surface area contributed by atoms with Crippen LogP contribution in [0.3, 0.4) is 0 Å². The van der Waals surface area contributed by atoms with Crippen LogP contribution in [0.2, 0.25) is 0 Å². The van der Waals surface area contributed by atoms with Crippen LogP contribution in [0.1, 0.15) is 24.2 Å². The molecule has 0 spiro atoms. The fraction of sp³-hybridized carbons (Fsp3) is 0.316. The number of nitrogens with one attached hydrogen (secondary N) is 3. The standard InChI is InChI=1S/C19H25N3O4S.ClH/c1-4-26-17-9-7-16(8-10-17)22-27(24,25)18-11-5-15(6-12-18)19(23)21-13-14(2)20-3;/h5-12,14,20,22H,4,13H2,1-3H3,(H,21,23);1H. The minimum Gasteiger partial charge on any atom is -0.494 e. The molecule has 0 heterocycles. The number of hydrogen-bond donors (Lipinski definition) is 3. The maximum atomic E-state index is 12.5. The van der Waals surface area contributed by atoms with Crippen molar-refractivity contribution in [2.45, 2.75) is 24.8 Å². The molecule has 2 aromatic carbocycles. The fourth-order valence-corrected chi connectivity index (χ4v) is 3.29. The van der Waals surface area contributed by atoms with E-state index in [0.717, 1.165) is 0 Å². The number of carbonyl (C=O) groups is 1. The SMILES string of the molecule is CCOc1ccc(NS(=O)(=O)c2ccc(C(=O)NCC(C)NC)cc2)cc1.Cl. The third-order valence-corrected chi connectivity index (χ3v) is 5.30. The van der Waals surface area contributed by atoms with E-state index in [1.165, 1.54) is 24.3 Å². The third-order valence-electron chi connectivity index (χ3n) is 3.91. The number of carbonyl (C=O) groups excluding carboxylic acids is 1. The monoisotopic (exact) mass is 427 g/mol. The molecular formula is C19H26ClN3O4S. The molecule has 9 heteroatoms. The first-order chi connectivity index (χ1) is 12.9. The largest absolute Gasteiger partial charge is 0.494 e. The quantitative estimate of drug-likeness (QED) is 0.571. The molecule has 154 valence electrons. The van der Waals surface area contributed by atoms with Gasteiger partial charge in [0.05, 0.1) is 11.5 Å². The summed E-state index contributed by atoms with van der Waals surface area (Å²) in [5.74, 6) is 0.420. The van der Waals surface area contributed by atoms with Gasteiger partial charge in [-0.15, -0.1) is 12.4 Å². The van der Waals surface area contributed by atoms with Gasteiger partial charge in [0.2, 0.25) is 0 Å². The molecule has 7 nitrogen and oxygen atoms in total. The molecule has 0 aliphatic carbocycles. The summed E-state index contributed by atoms with van der Waals surface area (Å²) in [6.07, 6.45) is 0. The normalized spacial score (nSPS) is 11.8. The smallest absolute Gasteiger partial charge is 0.261 e. The molecule has 1 unspecified atom stereocenters. The third kappa shape index (κ3) is 6.70. The minimum atomic E-state index is -3.74. The summed E-state index contributed by atoms with van der Waals surface area (Å²) in [7, 11) is -1.93.